The van der Waals surface area contributed by atoms with Crippen LogP contribution in [-0.4, -0.2) is 112 Å². The van der Waals surface area contributed by atoms with Crippen molar-refractivity contribution in [3.8, 4) is 0 Å². The molecule has 3 amide bonds. The second-order valence-electron chi connectivity index (χ2n) is 10.1. The Morgan fingerprint density at radius 2 is 1.41 bits per heavy atom. The van der Waals surface area contributed by atoms with Crippen LogP contribution in [0.3, 0.4) is 0 Å². The summed E-state index contributed by atoms with van der Waals surface area (Å²) in [5.41, 5.74) is 0.534. The molecule has 0 aliphatic carbocycles. The number of rotatable bonds is 4. The number of hydrogen-bond acceptors (Lipinski definition) is 9. The first kappa shape index (κ1) is 25.5. The molecule has 0 saturated carbocycles. The highest BCUT2D eigenvalue weighted by molar-refractivity contribution is 7.09. The standard InChI is InChI=1S/C27H33N9O2S/c37-26(34-15-11-33(12-16-34)24-19-28-7-8-30-24)22-20-39-25(31-22)21-4-9-35(10-5-21)27(38)36-17-13-32(14-18-36)23-3-1-2-6-29-23/h1-3,6-8,19-21H,4-5,9-18H2. The van der Waals surface area contributed by atoms with Crippen LogP contribution in [-0.2, 0) is 0 Å². The lowest BCUT2D eigenvalue weighted by molar-refractivity contribution is 0.0741. The maximum absolute atomic E-state index is 13.2. The van der Waals surface area contributed by atoms with Gasteiger partial charge in [0.2, 0.25) is 0 Å². The number of likely N-dealkylation sites (tertiary alicyclic amines) is 1. The van der Waals surface area contributed by atoms with Gasteiger partial charge in [-0.05, 0) is 25.0 Å². The molecule has 0 aromatic carbocycles. The SMILES string of the molecule is O=C(c1csc(C2CCN(C(=O)N3CCN(c4ccccn4)CC3)CC2)n1)N1CCN(c2cnccn2)CC1. The lowest BCUT2D eigenvalue weighted by Crippen LogP contribution is -2.54. The summed E-state index contributed by atoms with van der Waals surface area (Å²) >= 11 is 1.57. The normalized spacial score (nSPS) is 18.9. The van der Waals surface area contributed by atoms with E-state index >= 15 is 0 Å². The number of carbonyl (C=O) groups is 2. The average Bonchev–Trinajstić information content (AvgIpc) is 3.52. The largest absolute Gasteiger partial charge is 0.353 e. The molecule has 0 unspecified atom stereocenters. The lowest BCUT2D eigenvalue weighted by Gasteiger charge is -2.39. The minimum Gasteiger partial charge on any atom is -0.353 e. The summed E-state index contributed by atoms with van der Waals surface area (Å²) in [6.45, 7) is 7.18. The van der Waals surface area contributed by atoms with Gasteiger partial charge in [-0.1, -0.05) is 6.07 Å². The topological polar surface area (TPSA) is 102 Å². The van der Waals surface area contributed by atoms with E-state index in [-0.39, 0.29) is 17.9 Å². The minimum atomic E-state index is -0.00578. The van der Waals surface area contributed by atoms with Crippen LogP contribution in [0.15, 0.2) is 48.4 Å². The summed E-state index contributed by atoms with van der Waals surface area (Å²) in [4.78, 5) is 54.2. The van der Waals surface area contributed by atoms with Gasteiger partial charge in [0.25, 0.3) is 5.91 Å². The summed E-state index contributed by atoms with van der Waals surface area (Å²) in [5.74, 6) is 2.09. The Hall–Kier alpha value is -3.80. The van der Waals surface area contributed by atoms with Gasteiger partial charge < -0.3 is 24.5 Å². The molecule has 11 nitrogen and oxygen atoms in total. The number of urea groups is 1. The van der Waals surface area contributed by atoms with E-state index in [1.807, 2.05) is 44.5 Å². The van der Waals surface area contributed by atoms with Crippen molar-refractivity contribution in [2.24, 2.45) is 0 Å². The van der Waals surface area contributed by atoms with Gasteiger partial charge in [-0.15, -0.1) is 11.3 Å². The van der Waals surface area contributed by atoms with E-state index in [0.29, 0.717) is 31.9 Å². The highest BCUT2D eigenvalue weighted by Gasteiger charge is 2.31. The Kier molecular flexibility index (Phi) is 7.53. The fraction of sp³-hybridized carbons (Fsp3) is 0.481. The van der Waals surface area contributed by atoms with Gasteiger partial charge in [0.1, 0.15) is 17.3 Å². The lowest BCUT2D eigenvalue weighted by atomic mass is 9.98. The van der Waals surface area contributed by atoms with E-state index < -0.39 is 0 Å². The van der Waals surface area contributed by atoms with Crippen LogP contribution >= 0.6 is 11.3 Å². The van der Waals surface area contributed by atoms with Crippen LogP contribution in [0.4, 0.5) is 16.4 Å². The number of nitrogens with zero attached hydrogens (tertiary/aromatic N) is 9. The van der Waals surface area contributed by atoms with Crippen molar-refractivity contribution in [3.63, 3.8) is 0 Å². The van der Waals surface area contributed by atoms with Crippen molar-refractivity contribution >= 4 is 34.9 Å². The summed E-state index contributed by atoms with van der Waals surface area (Å²) in [6, 6.07) is 6.06. The number of aromatic nitrogens is 4. The van der Waals surface area contributed by atoms with E-state index in [2.05, 4.69) is 24.8 Å². The molecule has 6 heterocycles. The molecule has 3 saturated heterocycles. The van der Waals surface area contributed by atoms with Gasteiger partial charge in [0.05, 0.1) is 11.2 Å². The van der Waals surface area contributed by atoms with Crippen LogP contribution in [0.2, 0.25) is 0 Å². The quantitative estimate of drug-likeness (QED) is 0.491. The molecule has 0 bridgehead atoms. The van der Waals surface area contributed by atoms with Crippen molar-refractivity contribution in [1.82, 2.24) is 34.6 Å². The van der Waals surface area contributed by atoms with Crippen molar-refractivity contribution < 1.29 is 9.59 Å². The minimum absolute atomic E-state index is 0.00578. The maximum atomic E-state index is 13.2. The monoisotopic (exact) mass is 547 g/mol. The molecular formula is C27H33N9O2S. The first-order chi connectivity index (χ1) is 19.2. The summed E-state index contributed by atoms with van der Waals surface area (Å²) in [5, 5.41) is 2.90. The molecule has 39 heavy (non-hydrogen) atoms. The van der Waals surface area contributed by atoms with Gasteiger partial charge in [0, 0.05) is 95.3 Å². The smallest absolute Gasteiger partial charge is 0.320 e. The van der Waals surface area contributed by atoms with Gasteiger partial charge in [-0.2, -0.15) is 0 Å². The van der Waals surface area contributed by atoms with Crippen molar-refractivity contribution in [3.05, 3.63) is 59.1 Å². The molecule has 12 heteroatoms. The summed E-state index contributed by atoms with van der Waals surface area (Å²) in [7, 11) is 0. The Labute approximate surface area is 232 Å². The molecule has 0 radical (unpaired) electrons. The number of anilines is 2. The molecule has 3 aliphatic heterocycles. The predicted molar refractivity (Wildman–Crippen MR) is 149 cm³/mol. The van der Waals surface area contributed by atoms with Crippen LogP contribution in [0.5, 0.6) is 0 Å². The van der Waals surface area contributed by atoms with Crippen molar-refractivity contribution in [1.29, 1.82) is 0 Å². The molecular weight excluding hydrogens is 514 g/mol. The Bertz CT molecular complexity index is 1250. The highest BCUT2D eigenvalue weighted by atomic mass is 32.1. The van der Waals surface area contributed by atoms with E-state index in [9.17, 15) is 9.59 Å². The van der Waals surface area contributed by atoms with Crippen molar-refractivity contribution in [2.75, 3.05) is 75.2 Å². The van der Waals surface area contributed by atoms with E-state index in [1.165, 1.54) is 0 Å². The van der Waals surface area contributed by atoms with Gasteiger partial charge in [-0.25, -0.2) is 19.7 Å². The third-order valence-corrected chi connectivity index (χ3v) is 8.83. The molecule has 204 valence electrons. The second kappa shape index (κ2) is 11.5. The summed E-state index contributed by atoms with van der Waals surface area (Å²) in [6.07, 6.45) is 8.66. The van der Waals surface area contributed by atoms with Crippen LogP contribution < -0.4 is 9.80 Å². The van der Waals surface area contributed by atoms with Gasteiger partial charge in [-0.3, -0.25) is 9.78 Å². The Morgan fingerprint density at radius 1 is 0.744 bits per heavy atom. The number of amides is 3. The molecule has 3 aromatic heterocycles. The number of carbonyl (C=O) groups excluding carboxylic acids is 2. The first-order valence-corrected chi connectivity index (χ1v) is 14.5. The number of hydrogen-bond donors (Lipinski definition) is 0. The third-order valence-electron chi connectivity index (χ3n) is 7.82. The molecule has 6 rings (SSSR count). The number of piperidine rings is 1. The zero-order valence-corrected chi connectivity index (χ0v) is 22.7. The van der Waals surface area contributed by atoms with Crippen LogP contribution in [0.25, 0.3) is 0 Å². The Balaban J connectivity index is 0.969. The maximum Gasteiger partial charge on any atom is 0.320 e. The molecule has 3 aromatic rings. The van der Waals surface area contributed by atoms with Crippen LogP contribution in [0, 0.1) is 0 Å². The zero-order chi connectivity index (χ0) is 26.6. The molecule has 0 atom stereocenters. The van der Waals surface area contributed by atoms with Gasteiger partial charge in [0.15, 0.2) is 0 Å². The molecule has 0 N–H and O–H groups in total. The van der Waals surface area contributed by atoms with Crippen LogP contribution in [0.1, 0.15) is 34.3 Å². The molecule has 3 fully saturated rings. The van der Waals surface area contributed by atoms with E-state index in [0.717, 1.165) is 68.8 Å². The Morgan fingerprint density at radius 3 is 2.08 bits per heavy atom. The second-order valence-corrected chi connectivity index (χ2v) is 11.0. The van der Waals surface area contributed by atoms with E-state index in [4.69, 9.17) is 4.98 Å². The molecule has 0 spiro atoms. The fourth-order valence-electron chi connectivity index (χ4n) is 5.51. The zero-order valence-electron chi connectivity index (χ0n) is 21.9. The predicted octanol–water partition coefficient (Wildman–Crippen LogP) is 2.41. The summed E-state index contributed by atoms with van der Waals surface area (Å²) < 4.78 is 0. The van der Waals surface area contributed by atoms with Gasteiger partial charge >= 0.3 is 6.03 Å². The number of piperazine rings is 2. The highest BCUT2D eigenvalue weighted by Crippen LogP contribution is 2.31. The molecule has 3 aliphatic rings. The average molecular weight is 548 g/mol. The van der Waals surface area contributed by atoms with E-state index in [1.54, 1.807) is 29.9 Å². The van der Waals surface area contributed by atoms with Crippen molar-refractivity contribution in [2.45, 2.75) is 18.8 Å². The first-order valence-electron chi connectivity index (χ1n) is 13.6. The third kappa shape index (κ3) is 5.65. The fourth-order valence-corrected chi connectivity index (χ4v) is 6.48. The number of thiazole rings is 1. The number of pyridine rings is 1.